The Labute approximate surface area is 69.8 Å². The molecule has 0 aromatic rings. The minimum atomic E-state index is -2.22. The molecule has 0 radical (unpaired) electrons. The summed E-state index contributed by atoms with van der Waals surface area (Å²) in [5.74, 6) is 0. The van der Waals surface area contributed by atoms with Crippen LogP contribution in [0.25, 0.3) is 0 Å². The van der Waals surface area contributed by atoms with Crippen molar-refractivity contribution in [2.24, 2.45) is 0 Å². The lowest BCUT2D eigenvalue weighted by atomic mass is 10.4. The highest BCUT2D eigenvalue weighted by Crippen LogP contribution is 2.42. The van der Waals surface area contributed by atoms with E-state index in [-0.39, 0.29) is 0 Å². The minimum Gasteiger partial charge on any atom is -0.329 e. The van der Waals surface area contributed by atoms with Crippen LogP contribution < -0.4 is 0 Å². The number of rotatable bonds is 6. The van der Waals surface area contributed by atoms with E-state index >= 15 is 0 Å². The van der Waals surface area contributed by atoms with E-state index in [1.54, 1.807) is 6.66 Å². The van der Waals surface area contributed by atoms with Gasteiger partial charge < -0.3 is 4.52 Å². The zero-order valence-electron chi connectivity index (χ0n) is 7.80. The molecule has 1 atom stereocenters. The highest BCUT2D eigenvalue weighted by Gasteiger charge is 2.12. The summed E-state index contributed by atoms with van der Waals surface area (Å²) in [4.78, 5) is 0. The van der Waals surface area contributed by atoms with E-state index in [1.807, 2.05) is 6.92 Å². The van der Waals surface area contributed by atoms with Crippen molar-refractivity contribution in [3.63, 3.8) is 0 Å². The van der Waals surface area contributed by atoms with E-state index in [4.69, 9.17) is 4.52 Å². The van der Waals surface area contributed by atoms with Crippen LogP contribution in [0.2, 0.25) is 0 Å². The second-order valence-corrected chi connectivity index (χ2v) is 5.66. The highest BCUT2D eigenvalue weighted by molar-refractivity contribution is 7.58. The maximum atomic E-state index is 11.5. The van der Waals surface area contributed by atoms with Gasteiger partial charge in [0.1, 0.15) is 0 Å². The van der Waals surface area contributed by atoms with Gasteiger partial charge in [-0.05, 0) is 12.8 Å². The molecule has 0 N–H and O–H groups in total. The fourth-order valence-corrected chi connectivity index (χ4v) is 2.33. The lowest BCUT2D eigenvalue weighted by molar-refractivity contribution is 0.309. The third kappa shape index (κ3) is 6.58. The molecule has 0 saturated heterocycles. The van der Waals surface area contributed by atoms with Gasteiger partial charge in [0, 0.05) is 12.8 Å². The lowest BCUT2D eigenvalue weighted by Gasteiger charge is -2.11. The number of hydrogen-bond donors (Lipinski definition) is 0. The Morgan fingerprint density at radius 2 is 1.91 bits per heavy atom. The van der Waals surface area contributed by atoms with Gasteiger partial charge in [0.2, 0.25) is 0 Å². The third-order valence-electron chi connectivity index (χ3n) is 1.49. The van der Waals surface area contributed by atoms with Crippen molar-refractivity contribution < 1.29 is 9.09 Å². The molecule has 0 aliphatic rings. The van der Waals surface area contributed by atoms with Gasteiger partial charge in [0.25, 0.3) is 0 Å². The summed E-state index contributed by atoms with van der Waals surface area (Å²) in [6, 6.07) is 0. The SMILES string of the molecule is CCCCOP(C)(=O)CCC. The number of unbranched alkanes of at least 4 members (excludes halogenated alkanes) is 1. The summed E-state index contributed by atoms with van der Waals surface area (Å²) in [5.41, 5.74) is 0. The van der Waals surface area contributed by atoms with Gasteiger partial charge in [-0.3, -0.25) is 4.57 Å². The number of hydrogen-bond acceptors (Lipinski definition) is 2. The molecule has 0 spiro atoms. The average molecular weight is 178 g/mol. The van der Waals surface area contributed by atoms with Crippen LogP contribution in [0.1, 0.15) is 33.1 Å². The largest absolute Gasteiger partial charge is 0.329 e. The molecule has 11 heavy (non-hydrogen) atoms. The minimum absolute atomic E-state index is 0.657. The van der Waals surface area contributed by atoms with Gasteiger partial charge in [-0.25, -0.2) is 0 Å². The van der Waals surface area contributed by atoms with Gasteiger partial charge in [0.05, 0.1) is 6.61 Å². The first-order chi connectivity index (χ1) is 5.12. The Bertz CT molecular complexity index is 134. The molecule has 68 valence electrons. The first-order valence-corrected chi connectivity index (χ1v) is 6.59. The molecule has 0 aromatic carbocycles. The highest BCUT2D eigenvalue weighted by atomic mass is 31.2. The third-order valence-corrected chi connectivity index (χ3v) is 3.48. The van der Waals surface area contributed by atoms with E-state index in [0.717, 1.165) is 25.4 Å². The predicted octanol–water partition coefficient (Wildman–Crippen LogP) is 3.12. The van der Waals surface area contributed by atoms with Crippen LogP contribution >= 0.6 is 7.37 Å². The van der Waals surface area contributed by atoms with Gasteiger partial charge in [0.15, 0.2) is 7.37 Å². The molecule has 0 amide bonds. The van der Waals surface area contributed by atoms with Crippen molar-refractivity contribution in [1.82, 2.24) is 0 Å². The molecular formula is C8H19O2P. The molecule has 0 bridgehead atoms. The van der Waals surface area contributed by atoms with Gasteiger partial charge in [-0.2, -0.15) is 0 Å². The molecule has 0 aliphatic heterocycles. The fraction of sp³-hybridized carbons (Fsp3) is 1.00. The molecule has 2 nitrogen and oxygen atoms in total. The summed E-state index contributed by atoms with van der Waals surface area (Å²) in [7, 11) is -2.22. The fourth-order valence-electron chi connectivity index (χ4n) is 0.873. The average Bonchev–Trinajstić information content (AvgIpc) is 1.87. The molecule has 0 saturated carbocycles. The van der Waals surface area contributed by atoms with Crippen LogP contribution in [0.4, 0.5) is 0 Å². The van der Waals surface area contributed by atoms with Crippen molar-refractivity contribution >= 4 is 7.37 Å². The summed E-state index contributed by atoms with van der Waals surface area (Å²) in [6.07, 6.45) is 3.78. The van der Waals surface area contributed by atoms with Crippen LogP contribution in [0, 0.1) is 0 Å². The monoisotopic (exact) mass is 178 g/mol. The van der Waals surface area contributed by atoms with Crippen molar-refractivity contribution in [2.75, 3.05) is 19.4 Å². The van der Waals surface area contributed by atoms with Crippen molar-refractivity contribution in [3.05, 3.63) is 0 Å². The Balaban J connectivity index is 3.47. The summed E-state index contributed by atoms with van der Waals surface area (Å²) >= 11 is 0. The molecule has 3 heteroatoms. The van der Waals surface area contributed by atoms with E-state index in [2.05, 4.69) is 6.92 Å². The van der Waals surface area contributed by atoms with Crippen molar-refractivity contribution in [2.45, 2.75) is 33.1 Å². The smallest absolute Gasteiger partial charge is 0.200 e. The molecule has 0 aliphatic carbocycles. The Kier molecular flexibility index (Phi) is 5.89. The first kappa shape index (κ1) is 11.2. The van der Waals surface area contributed by atoms with Crippen LogP contribution in [-0.2, 0) is 9.09 Å². The van der Waals surface area contributed by atoms with Gasteiger partial charge in [-0.15, -0.1) is 0 Å². The normalized spacial score (nSPS) is 16.3. The predicted molar refractivity (Wildman–Crippen MR) is 49.5 cm³/mol. The Morgan fingerprint density at radius 3 is 2.36 bits per heavy atom. The lowest BCUT2D eigenvalue weighted by Crippen LogP contribution is -1.94. The summed E-state index contributed by atoms with van der Waals surface area (Å²) in [6.45, 7) is 6.51. The van der Waals surface area contributed by atoms with Crippen LogP contribution in [-0.4, -0.2) is 19.4 Å². The summed E-state index contributed by atoms with van der Waals surface area (Å²) in [5, 5.41) is 0. The van der Waals surface area contributed by atoms with E-state index in [9.17, 15) is 4.57 Å². The van der Waals surface area contributed by atoms with Crippen molar-refractivity contribution in [1.29, 1.82) is 0 Å². The molecule has 0 heterocycles. The van der Waals surface area contributed by atoms with Crippen LogP contribution in [0.3, 0.4) is 0 Å². The second-order valence-electron chi connectivity index (χ2n) is 2.92. The Morgan fingerprint density at radius 1 is 1.27 bits per heavy atom. The zero-order chi connectivity index (χ0) is 8.74. The standard InChI is InChI=1S/C8H19O2P/c1-4-6-7-10-11(3,9)8-5-2/h4-8H2,1-3H3. The maximum Gasteiger partial charge on any atom is 0.200 e. The maximum absolute atomic E-state index is 11.5. The summed E-state index contributed by atoms with van der Waals surface area (Å²) < 4.78 is 16.7. The second kappa shape index (κ2) is 5.79. The van der Waals surface area contributed by atoms with Gasteiger partial charge >= 0.3 is 0 Å². The topological polar surface area (TPSA) is 26.3 Å². The Hall–Kier alpha value is 0.190. The molecule has 1 unspecified atom stereocenters. The van der Waals surface area contributed by atoms with Crippen molar-refractivity contribution in [3.8, 4) is 0 Å². The van der Waals surface area contributed by atoms with Gasteiger partial charge in [-0.1, -0.05) is 20.3 Å². The zero-order valence-corrected chi connectivity index (χ0v) is 8.69. The molecule has 0 fully saturated rings. The van der Waals surface area contributed by atoms with E-state index < -0.39 is 7.37 Å². The van der Waals surface area contributed by atoms with E-state index in [1.165, 1.54) is 0 Å². The quantitative estimate of drug-likeness (QED) is 0.461. The first-order valence-electron chi connectivity index (χ1n) is 4.33. The van der Waals surface area contributed by atoms with Crippen LogP contribution in [0.15, 0.2) is 0 Å². The van der Waals surface area contributed by atoms with Crippen LogP contribution in [0.5, 0.6) is 0 Å². The molecule has 0 rings (SSSR count). The molecular weight excluding hydrogens is 159 g/mol. The molecule has 0 aromatic heterocycles. The van der Waals surface area contributed by atoms with E-state index in [0.29, 0.717) is 6.61 Å².